The van der Waals surface area contributed by atoms with E-state index >= 15 is 0 Å². The molecule has 1 fully saturated rings. The molecule has 0 aromatic carbocycles. The normalized spacial score (nSPS) is 34.1. The zero-order valence-electron chi connectivity index (χ0n) is 10.1. The van der Waals surface area contributed by atoms with Gasteiger partial charge in [-0.2, -0.15) is 0 Å². The zero-order chi connectivity index (χ0) is 11.6. The predicted molar refractivity (Wildman–Crippen MR) is 66.0 cm³/mol. The highest BCUT2D eigenvalue weighted by molar-refractivity contribution is 5.87. The standard InChI is InChI=1S/C14H21NO/c1-3-13(16)15-10-9-14(11-12(15)2)7-5-4-6-8-14/h3-5,12H,1,6-11H2,2H3. The summed E-state index contributed by atoms with van der Waals surface area (Å²) in [5, 5.41) is 0. The van der Waals surface area contributed by atoms with Crippen LogP contribution >= 0.6 is 0 Å². The molecule has 1 amide bonds. The number of amides is 1. The Morgan fingerprint density at radius 1 is 1.50 bits per heavy atom. The molecule has 1 aliphatic carbocycles. The zero-order valence-corrected chi connectivity index (χ0v) is 10.1. The van der Waals surface area contributed by atoms with E-state index in [9.17, 15) is 4.79 Å². The van der Waals surface area contributed by atoms with Gasteiger partial charge < -0.3 is 4.90 Å². The minimum Gasteiger partial charge on any atom is -0.336 e. The second-order valence-electron chi connectivity index (χ2n) is 5.25. The highest BCUT2D eigenvalue weighted by Gasteiger charge is 2.38. The van der Waals surface area contributed by atoms with Gasteiger partial charge in [-0.05, 0) is 50.5 Å². The molecule has 2 aliphatic rings. The lowest BCUT2D eigenvalue weighted by atomic mass is 9.68. The van der Waals surface area contributed by atoms with E-state index in [4.69, 9.17) is 0 Å². The minimum atomic E-state index is 0.0914. The van der Waals surface area contributed by atoms with E-state index in [1.54, 1.807) is 0 Å². The first-order valence-corrected chi connectivity index (χ1v) is 6.25. The monoisotopic (exact) mass is 219 g/mol. The summed E-state index contributed by atoms with van der Waals surface area (Å²) in [7, 11) is 0. The molecule has 2 atom stereocenters. The minimum absolute atomic E-state index is 0.0914. The van der Waals surface area contributed by atoms with Crippen LogP contribution in [0.25, 0.3) is 0 Å². The maximum atomic E-state index is 11.6. The number of hydrogen-bond donors (Lipinski definition) is 0. The number of carbonyl (C=O) groups is 1. The van der Waals surface area contributed by atoms with Crippen LogP contribution in [0.2, 0.25) is 0 Å². The van der Waals surface area contributed by atoms with Crippen molar-refractivity contribution in [2.45, 2.75) is 45.1 Å². The molecular weight excluding hydrogens is 198 g/mol. The van der Waals surface area contributed by atoms with E-state index in [0.717, 1.165) is 19.4 Å². The SMILES string of the molecule is C=CC(=O)N1CCC2(CC=CCC2)CC1C. The number of piperidine rings is 1. The number of nitrogens with zero attached hydrogens (tertiary/aromatic N) is 1. The topological polar surface area (TPSA) is 20.3 Å². The maximum absolute atomic E-state index is 11.6. The van der Waals surface area contributed by atoms with Crippen molar-refractivity contribution in [2.75, 3.05) is 6.54 Å². The smallest absolute Gasteiger partial charge is 0.246 e. The lowest BCUT2D eigenvalue weighted by Gasteiger charge is -2.46. The molecule has 1 aliphatic heterocycles. The van der Waals surface area contributed by atoms with Gasteiger partial charge in [0.15, 0.2) is 0 Å². The van der Waals surface area contributed by atoms with Gasteiger partial charge in [0.1, 0.15) is 0 Å². The third-order valence-electron chi connectivity index (χ3n) is 4.16. The van der Waals surface area contributed by atoms with Crippen LogP contribution in [0, 0.1) is 5.41 Å². The van der Waals surface area contributed by atoms with Crippen molar-refractivity contribution in [1.29, 1.82) is 0 Å². The van der Waals surface area contributed by atoms with Gasteiger partial charge in [-0.25, -0.2) is 0 Å². The Balaban J connectivity index is 2.04. The average molecular weight is 219 g/mol. The Kier molecular flexibility index (Phi) is 3.17. The molecule has 16 heavy (non-hydrogen) atoms. The quantitative estimate of drug-likeness (QED) is 0.490. The third kappa shape index (κ3) is 2.06. The molecule has 0 saturated carbocycles. The van der Waals surface area contributed by atoms with Crippen molar-refractivity contribution in [3.05, 3.63) is 24.8 Å². The predicted octanol–water partition coefficient (Wildman–Crippen LogP) is 2.91. The van der Waals surface area contributed by atoms with Crippen molar-refractivity contribution in [1.82, 2.24) is 4.90 Å². The lowest BCUT2D eigenvalue weighted by molar-refractivity contribution is -0.131. The van der Waals surface area contributed by atoms with Crippen LogP contribution in [-0.4, -0.2) is 23.4 Å². The molecule has 0 N–H and O–H groups in total. The fourth-order valence-corrected chi connectivity index (χ4v) is 3.22. The van der Waals surface area contributed by atoms with Gasteiger partial charge in [-0.15, -0.1) is 0 Å². The highest BCUT2D eigenvalue weighted by Crippen LogP contribution is 2.44. The van der Waals surface area contributed by atoms with E-state index < -0.39 is 0 Å². The summed E-state index contributed by atoms with van der Waals surface area (Å²) in [6.07, 6.45) is 12.1. The van der Waals surface area contributed by atoms with Gasteiger partial charge in [0, 0.05) is 12.6 Å². The Morgan fingerprint density at radius 3 is 2.88 bits per heavy atom. The van der Waals surface area contributed by atoms with Gasteiger partial charge in [0.05, 0.1) is 0 Å². The maximum Gasteiger partial charge on any atom is 0.246 e. The molecule has 1 spiro atoms. The van der Waals surface area contributed by atoms with Crippen LogP contribution in [0.5, 0.6) is 0 Å². The Bertz CT molecular complexity index is 321. The Morgan fingerprint density at radius 2 is 2.31 bits per heavy atom. The molecule has 1 heterocycles. The summed E-state index contributed by atoms with van der Waals surface area (Å²) >= 11 is 0. The van der Waals surface area contributed by atoms with E-state index in [2.05, 4.69) is 25.7 Å². The first-order chi connectivity index (χ1) is 7.67. The lowest BCUT2D eigenvalue weighted by Crippen LogP contribution is -2.48. The van der Waals surface area contributed by atoms with E-state index in [0.29, 0.717) is 11.5 Å². The Hall–Kier alpha value is -1.05. The molecule has 2 nitrogen and oxygen atoms in total. The fourth-order valence-electron chi connectivity index (χ4n) is 3.22. The first-order valence-electron chi connectivity index (χ1n) is 6.25. The molecule has 0 aromatic rings. The van der Waals surface area contributed by atoms with Gasteiger partial charge in [0.2, 0.25) is 5.91 Å². The molecule has 0 radical (unpaired) electrons. The molecule has 88 valence electrons. The number of carbonyl (C=O) groups excluding carboxylic acids is 1. The van der Waals surface area contributed by atoms with Crippen LogP contribution in [-0.2, 0) is 4.79 Å². The van der Waals surface area contributed by atoms with Crippen LogP contribution in [0.1, 0.15) is 39.0 Å². The van der Waals surface area contributed by atoms with E-state index in [1.807, 2.05) is 4.90 Å². The van der Waals surface area contributed by atoms with E-state index in [-0.39, 0.29) is 5.91 Å². The number of likely N-dealkylation sites (tertiary alicyclic amines) is 1. The number of allylic oxidation sites excluding steroid dienone is 2. The summed E-state index contributed by atoms with van der Waals surface area (Å²) in [4.78, 5) is 13.6. The second-order valence-corrected chi connectivity index (χ2v) is 5.25. The number of hydrogen-bond acceptors (Lipinski definition) is 1. The van der Waals surface area contributed by atoms with Crippen LogP contribution < -0.4 is 0 Å². The van der Waals surface area contributed by atoms with Crippen molar-refractivity contribution < 1.29 is 4.79 Å². The van der Waals surface area contributed by atoms with Crippen molar-refractivity contribution in [3.8, 4) is 0 Å². The second kappa shape index (κ2) is 4.44. The molecule has 1 saturated heterocycles. The third-order valence-corrected chi connectivity index (χ3v) is 4.16. The van der Waals surface area contributed by atoms with E-state index in [1.165, 1.54) is 25.3 Å². The molecule has 0 bridgehead atoms. The van der Waals surface area contributed by atoms with Gasteiger partial charge in [-0.3, -0.25) is 4.79 Å². The summed E-state index contributed by atoms with van der Waals surface area (Å²) in [6, 6.07) is 0.366. The van der Waals surface area contributed by atoms with Gasteiger partial charge >= 0.3 is 0 Å². The van der Waals surface area contributed by atoms with Crippen molar-refractivity contribution in [3.63, 3.8) is 0 Å². The number of rotatable bonds is 1. The van der Waals surface area contributed by atoms with Crippen molar-refractivity contribution >= 4 is 5.91 Å². The van der Waals surface area contributed by atoms with Crippen LogP contribution in [0.3, 0.4) is 0 Å². The summed E-state index contributed by atoms with van der Waals surface area (Å²) in [5.41, 5.74) is 0.478. The van der Waals surface area contributed by atoms with Gasteiger partial charge in [-0.1, -0.05) is 18.7 Å². The molecule has 2 unspecified atom stereocenters. The Labute approximate surface area is 98.0 Å². The van der Waals surface area contributed by atoms with Crippen molar-refractivity contribution in [2.24, 2.45) is 5.41 Å². The summed E-state index contributed by atoms with van der Waals surface area (Å²) < 4.78 is 0. The fraction of sp³-hybridized carbons (Fsp3) is 0.643. The van der Waals surface area contributed by atoms with Gasteiger partial charge in [0.25, 0.3) is 0 Å². The molecule has 2 rings (SSSR count). The average Bonchev–Trinajstić information content (AvgIpc) is 2.29. The van der Waals surface area contributed by atoms with Crippen LogP contribution in [0.15, 0.2) is 24.8 Å². The largest absolute Gasteiger partial charge is 0.336 e. The highest BCUT2D eigenvalue weighted by atomic mass is 16.2. The molecule has 2 heteroatoms. The summed E-state index contributed by atoms with van der Waals surface area (Å²) in [5.74, 6) is 0.0914. The van der Waals surface area contributed by atoms with Crippen LogP contribution in [0.4, 0.5) is 0 Å². The molecular formula is C14H21NO. The summed E-state index contributed by atoms with van der Waals surface area (Å²) in [6.45, 7) is 6.64. The first kappa shape index (κ1) is 11.4. The molecule has 0 aromatic heterocycles.